The number of methoxy groups -OCH3 is 1. The Hall–Kier alpha value is -4.38. The minimum atomic E-state index is -2.60. The average Bonchev–Trinajstić information content (AvgIpc) is 2.86. The molecule has 2 aromatic rings. The third kappa shape index (κ3) is 3.38. The van der Waals surface area contributed by atoms with E-state index in [1.54, 1.807) is 37.2 Å². The number of aromatic hydroxyl groups is 1. The summed E-state index contributed by atoms with van der Waals surface area (Å²) in [4.78, 5) is 44.9. The molecule has 1 amide bonds. The SMILES string of the molecule is COc1ccc(-c2cc(N(C)C)c3c(c2O)C(=O)C2=C(O)[C@]4(O)C(=O)C(C(N)=O)=C(O)C[C@@H]4C[C@@H]2C3)cn1. The molecule has 0 fully saturated rings. The number of allylic oxidation sites excluding steroid dienone is 2. The number of phenolic OH excluding ortho intramolecular Hbond substituents is 1. The summed E-state index contributed by atoms with van der Waals surface area (Å²) in [6.07, 6.45) is 1.51. The number of primary amides is 1. The Morgan fingerprint density at radius 2 is 1.89 bits per heavy atom. The number of aliphatic hydroxyl groups excluding tert-OH is 2. The van der Waals surface area contributed by atoms with Crippen LogP contribution in [-0.4, -0.2) is 69.7 Å². The normalized spacial score (nSPS) is 24.5. The van der Waals surface area contributed by atoms with Gasteiger partial charge in [-0.15, -0.1) is 0 Å². The molecule has 1 heterocycles. The Balaban J connectivity index is 1.71. The van der Waals surface area contributed by atoms with Crippen LogP contribution in [0.2, 0.25) is 0 Å². The maximum absolute atomic E-state index is 13.9. The largest absolute Gasteiger partial charge is 0.511 e. The topological polar surface area (TPSA) is 184 Å². The molecule has 1 aromatic heterocycles. The van der Waals surface area contributed by atoms with Crippen LogP contribution in [0.4, 0.5) is 5.69 Å². The lowest BCUT2D eigenvalue weighted by atomic mass is 9.60. The van der Waals surface area contributed by atoms with Gasteiger partial charge in [-0.1, -0.05) is 0 Å². The predicted octanol–water partition coefficient (Wildman–Crippen LogP) is 1.72. The Morgan fingerprint density at radius 1 is 1.18 bits per heavy atom. The van der Waals surface area contributed by atoms with Gasteiger partial charge < -0.3 is 35.8 Å². The molecule has 0 spiro atoms. The van der Waals surface area contributed by atoms with Crippen LogP contribution >= 0.6 is 0 Å². The van der Waals surface area contributed by atoms with E-state index in [0.717, 1.165) is 0 Å². The minimum absolute atomic E-state index is 0.0568. The van der Waals surface area contributed by atoms with Crippen LogP contribution in [0.3, 0.4) is 0 Å². The monoisotopic (exact) mass is 521 g/mol. The number of anilines is 1. The van der Waals surface area contributed by atoms with Crippen LogP contribution in [0.1, 0.15) is 28.8 Å². The van der Waals surface area contributed by atoms with Crippen molar-refractivity contribution < 1.29 is 39.5 Å². The molecule has 3 aliphatic rings. The number of aromatic nitrogens is 1. The van der Waals surface area contributed by atoms with Crippen LogP contribution in [0.25, 0.3) is 11.1 Å². The van der Waals surface area contributed by atoms with Crippen molar-refractivity contribution in [2.24, 2.45) is 17.6 Å². The fourth-order valence-corrected chi connectivity index (χ4v) is 5.95. The van der Waals surface area contributed by atoms with Crippen molar-refractivity contribution in [3.8, 4) is 22.8 Å². The number of rotatable bonds is 4. The number of nitrogens with zero attached hydrogens (tertiary/aromatic N) is 2. The number of aliphatic hydroxyl groups is 3. The van der Waals surface area contributed by atoms with Gasteiger partial charge in [0.15, 0.2) is 11.4 Å². The van der Waals surface area contributed by atoms with E-state index in [-0.39, 0.29) is 36.1 Å². The molecule has 0 saturated carbocycles. The summed E-state index contributed by atoms with van der Waals surface area (Å²) in [6, 6.07) is 5.04. The average molecular weight is 522 g/mol. The summed E-state index contributed by atoms with van der Waals surface area (Å²) >= 11 is 0. The number of phenols is 1. The molecule has 11 heteroatoms. The first-order valence-corrected chi connectivity index (χ1v) is 12.0. The number of ketones is 2. The van der Waals surface area contributed by atoms with E-state index in [2.05, 4.69) is 4.98 Å². The zero-order valence-electron chi connectivity index (χ0n) is 21.0. The van der Waals surface area contributed by atoms with Gasteiger partial charge >= 0.3 is 0 Å². The molecule has 0 saturated heterocycles. The van der Waals surface area contributed by atoms with E-state index in [4.69, 9.17) is 10.5 Å². The first-order chi connectivity index (χ1) is 17.9. The maximum Gasteiger partial charge on any atom is 0.255 e. The standard InChI is InChI=1S/C27H27N3O8/c1-30(2)16-9-14(11-4-5-18(38-3)29-10-11)22(32)20-15(16)7-12-6-13-8-17(31)21(26(28)36)25(35)27(13,37)24(34)19(12)23(20)33/h4-5,9-10,12-13,31-32,34,37H,6-8H2,1-3H3,(H2,28,36)/t12-,13+,27+/m1/s1. The molecule has 1 aromatic carbocycles. The van der Waals surface area contributed by atoms with E-state index in [9.17, 15) is 34.8 Å². The van der Waals surface area contributed by atoms with E-state index in [1.165, 1.54) is 13.3 Å². The van der Waals surface area contributed by atoms with Gasteiger partial charge in [-0.25, -0.2) is 4.98 Å². The highest BCUT2D eigenvalue weighted by Crippen LogP contribution is 2.53. The molecule has 198 valence electrons. The molecule has 38 heavy (non-hydrogen) atoms. The van der Waals surface area contributed by atoms with E-state index in [1.807, 2.05) is 0 Å². The number of nitrogens with two attached hydrogens (primary N) is 1. The van der Waals surface area contributed by atoms with Gasteiger partial charge in [-0.3, -0.25) is 14.4 Å². The fraction of sp³-hybridized carbons (Fsp3) is 0.333. The van der Waals surface area contributed by atoms with Crippen LogP contribution in [0.5, 0.6) is 11.6 Å². The maximum atomic E-state index is 13.9. The Bertz CT molecular complexity index is 1470. The molecule has 0 aliphatic heterocycles. The molecular formula is C27H27N3O8. The Labute approximate surface area is 217 Å². The number of Topliss-reactive ketones (excluding diaryl/α,β-unsaturated/α-hetero) is 2. The summed E-state index contributed by atoms with van der Waals surface area (Å²) in [6.45, 7) is 0. The number of benzene rings is 1. The van der Waals surface area contributed by atoms with Crippen molar-refractivity contribution in [3.63, 3.8) is 0 Å². The fourth-order valence-electron chi connectivity index (χ4n) is 5.95. The number of hydrogen-bond acceptors (Lipinski definition) is 10. The zero-order valence-corrected chi connectivity index (χ0v) is 21.0. The predicted molar refractivity (Wildman–Crippen MR) is 135 cm³/mol. The highest BCUT2D eigenvalue weighted by Gasteiger charge is 2.59. The van der Waals surface area contributed by atoms with Crippen molar-refractivity contribution >= 4 is 23.2 Å². The third-order valence-corrected chi connectivity index (χ3v) is 7.78. The quantitative estimate of drug-likeness (QED) is 0.371. The molecule has 6 N–H and O–H groups in total. The summed E-state index contributed by atoms with van der Waals surface area (Å²) in [7, 11) is 5.06. The number of carbonyl (C=O) groups excluding carboxylic acids is 3. The second-order valence-corrected chi connectivity index (χ2v) is 10.0. The van der Waals surface area contributed by atoms with Gasteiger partial charge in [-0.2, -0.15) is 0 Å². The second kappa shape index (κ2) is 8.59. The van der Waals surface area contributed by atoms with Gasteiger partial charge in [-0.05, 0) is 36.5 Å². The van der Waals surface area contributed by atoms with Gasteiger partial charge in [0.2, 0.25) is 11.7 Å². The van der Waals surface area contributed by atoms with Gasteiger partial charge in [0.25, 0.3) is 5.91 Å². The van der Waals surface area contributed by atoms with Crippen LogP contribution in [0, 0.1) is 11.8 Å². The number of fused-ring (bicyclic) bond motifs is 3. The van der Waals surface area contributed by atoms with Crippen molar-refractivity contribution in [1.82, 2.24) is 4.98 Å². The highest BCUT2D eigenvalue weighted by atomic mass is 16.5. The minimum Gasteiger partial charge on any atom is -0.511 e. The first-order valence-electron chi connectivity index (χ1n) is 12.0. The Kier molecular flexibility index (Phi) is 5.71. The molecule has 5 rings (SSSR count). The zero-order chi connectivity index (χ0) is 27.7. The number of carbonyl (C=O) groups is 3. The highest BCUT2D eigenvalue weighted by molar-refractivity contribution is 6.24. The summed E-state index contributed by atoms with van der Waals surface area (Å²) in [5, 5.41) is 44.3. The molecule has 11 nitrogen and oxygen atoms in total. The van der Waals surface area contributed by atoms with Crippen molar-refractivity contribution in [2.45, 2.75) is 24.9 Å². The Morgan fingerprint density at radius 3 is 2.47 bits per heavy atom. The lowest BCUT2D eigenvalue weighted by Gasteiger charge is -2.46. The number of amides is 1. The molecule has 0 radical (unpaired) electrons. The van der Waals surface area contributed by atoms with Crippen LogP contribution in [-0.2, 0) is 16.0 Å². The van der Waals surface area contributed by atoms with Crippen molar-refractivity contribution in [3.05, 3.63) is 58.2 Å². The van der Waals surface area contributed by atoms with Crippen molar-refractivity contribution in [2.75, 3.05) is 26.1 Å². The van der Waals surface area contributed by atoms with E-state index < -0.39 is 52.0 Å². The molecule has 3 atom stereocenters. The number of hydrogen-bond donors (Lipinski definition) is 5. The second-order valence-electron chi connectivity index (χ2n) is 10.0. The van der Waals surface area contributed by atoms with Gasteiger partial charge in [0.05, 0.1) is 12.7 Å². The number of ether oxygens (including phenoxy) is 1. The van der Waals surface area contributed by atoms with Crippen molar-refractivity contribution in [1.29, 1.82) is 0 Å². The summed E-state index contributed by atoms with van der Waals surface area (Å²) < 4.78 is 5.10. The van der Waals surface area contributed by atoms with Gasteiger partial charge in [0.1, 0.15) is 22.8 Å². The van der Waals surface area contributed by atoms with Crippen LogP contribution < -0.4 is 15.4 Å². The summed E-state index contributed by atoms with van der Waals surface area (Å²) in [5.74, 6) is -6.23. The number of pyridine rings is 1. The molecule has 0 bridgehead atoms. The van der Waals surface area contributed by atoms with E-state index in [0.29, 0.717) is 28.3 Å². The van der Waals surface area contributed by atoms with Crippen LogP contribution in [0.15, 0.2) is 47.1 Å². The lowest BCUT2D eigenvalue weighted by molar-refractivity contribution is -0.144. The third-order valence-electron chi connectivity index (χ3n) is 7.78. The molecule has 3 aliphatic carbocycles. The smallest absolute Gasteiger partial charge is 0.255 e. The van der Waals surface area contributed by atoms with E-state index >= 15 is 0 Å². The van der Waals surface area contributed by atoms with Gasteiger partial charge in [0, 0.05) is 61.1 Å². The molecule has 0 unspecified atom stereocenters. The summed E-state index contributed by atoms with van der Waals surface area (Å²) in [5.41, 5.74) is 3.62. The lowest BCUT2D eigenvalue weighted by Crippen LogP contribution is -2.57. The first kappa shape index (κ1) is 25.3. The molecular weight excluding hydrogens is 494 g/mol.